The van der Waals surface area contributed by atoms with Crippen molar-refractivity contribution in [2.45, 2.75) is 19.4 Å². The number of benzene rings is 2. The van der Waals surface area contributed by atoms with Gasteiger partial charge in [-0.2, -0.15) is 4.39 Å². The topological polar surface area (TPSA) is 145 Å². The van der Waals surface area contributed by atoms with Gasteiger partial charge in [0.2, 0.25) is 11.7 Å². The Balaban J connectivity index is 1.20. The van der Waals surface area contributed by atoms with E-state index >= 15 is 0 Å². The molecule has 0 radical (unpaired) electrons. The molecule has 2 amide bonds. The summed E-state index contributed by atoms with van der Waals surface area (Å²) in [5.41, 5.74) is 2.78. The van der Waals surface area contributed by atoms with E-state index in [2.05, 4.69) is 31.2 Å². The van der Waals surface area contributed by atoms with Gasteiger partial charge in [0, 0.05) is 68.0 Å². The first-order chi connectivity index (χ1) is 21.8. The molecule has 0 bridgehead atoms. The molecule has 3 heterocycles. The number of methoxy groups -OCH3 is 1. The standard InChI is InChI=1S/C31H36F2N8O4/c1-3-19-14-20(4-5-22(19)31(44)37-9-8-34-16-26(43)40-12-10-35-21(17-40)18-42)39-29-30-38-15-24(41(30)13-11-36-29)23-6-7-25(45-2)28(33)27(23)32/h4-7,11,13-15,21,34-35,42H,3,8-10,12,16-18H2,1-2H3,(H,36,39)(H,37,44)/t21-/m0/s1. The molecule has 0 aliphatic carbocycles. The molecular weight excluding hydrogens is 586 g/mol. The smallest absolute Gasteiger partial charge is 0.251 e. The third-order valence-corrected chi connectivity index (χ3v) is 7.66. The molecule has 2 aromatic heterocycles. The minimum atomic E-state index is -1.08. The Kier molecular flexibility index (Phi) is 10.2. The molecule has 1 saturated heterocycles. The van der Waals surface area contributed by atoms with Gasteiger partial charge in [-0.25, -0.2) is 14.4 Å². The van der Waals surface area contributed by atoms with E-state index in [4.69, 9.17) is 4.74 Å². The minimum absolute atomic E-state index is 0.0186. The number of nitrogens with zero attached hydrogens (tertiary/aromatic N) is 4. The molecule has 1 atom stereocenters. The summed E-state index contributed by atoms with van der Waals surface area (Å²) in [6, 6.07) is 8.02. The number of nitrogens with one attached hydrogen (secondary N) is 4. The summed E-state index contributed by atoms with van der Waals surface area (Å²) in [7, 11) is 1.27. The normalized spacial score (nSPS) is 14.9. The summed E-state index contributed by atoms with van der Waals surface area (Å²) in [4.78, 5) is 35.9. The van der Waals surface area contributed by atoms with Crippen LogP contribution in [0.5, 0.6) is 5.75 Å². The first-order valence-corrected chi connectivity index (χ1v) is 14.7. The molecule has 0 saturated carbocycles. The average molecular weight is 623 g/mol. The second-order valence-corrected chi connectivity index (χ2v) is 10.5. The van der Waals surface area contributed by atoms with Crippen LogP contribution in [0.2, 0.25) is 0 Å². The molecule has 0 spiro atoms. The first kappa shape index (κ1) is 31.8. The van der Waals surface area contributed by atoms with Crippen molar-refractivity contribution in [3.05, 3.63) is 71.7 Å². The maximum atomic E-state index is 14.8. The number of piperazine rings is 1. The maximum absolute atomic E-state index is 14.8. The summed E-state index contributed by atoms with van der Waals surface area (Å²) in [5.74, 6) is -2.19. The fourth-order valence-electron chi connectivity index (χ4n) is 5.26. The summed E-state index contributed by atoms with van der Waals surface area (Å²) in [6.07, 6.45) is 5.17. The van der Waals surface area contributed by atoms with E-state index in [1.54, 1.807) is 27.6 Å². The number of fused-ring (bicyclic) bond motifs is 1. The Labute approximate surface area is 258 Å². The molecule has 1 fully saturated rings. The van der Waals surface area contributed by atoms with Crippen LogP contribution < -0.4 is 26.0 Å². The SMILES string of the molecule is CCc1cc(Nc2nccn3c(-c4ccc(OC)c(F)c4F)cnc23)ccc1C(=O)NCCNCC(=O)N1CCN[C@H](CO)C1. The number of anilines is 2. The number of amides is 2. The molecule has 4 aromatic rings. The highest BCUT2D eigenvalue weighted by molar-refractivity contribution is 5.96. The van der Waals surface area contributed by atoms with Crippen molar-refractivity contribution >= 4 is 29.0 Å². The van der Waals surface area contributed by atoms with Crippen LogP contribution >= 0.6 is 0 Å². The number of rotatable bonds is 12. The molecule has 1 aliphatic rings. The fourth-order valence-corrected chi connectivity index (χ4v) is 5.26. The lowest BCUT2D eigenvalue weighted by Crippen LogP contribution is -2.55. The second kappa shape index (κ2) is 14.4. The quantitative estimate of drug-likeness (QED) is 0.150. The second-order valence-electron chi connectivity index (χ2n) is 10.5. The fraction of sp³-hybridized carbons (Fsp3) is 0.355. The maximum Gasteiger partial charge on any atom is 0.251 e. The number of aromatic nitrogens is 3. The van der Waals surface area contributed by atoms with Crippen molar-refractivity contribution in [2.75, 3.05) is 58.3 Å². The molecule has 12 nitrogen and oxygen atoms in total. The number of imidazole rings is 1. The van der Waals surface area contributed by atoms with Crippen molar-refractivity contribution in [1.29, 1.82) is 0 Å². The highest BCUT2D eigenvalue weighted by atomic mass is 19.2. The van der Waals surface area contributed by atoms with Crippen molar-refractivity contribution < 1.29 is 28.2 Å². The van der Waals surface area contributed by atoms with Crippen LogP contribution in [-0.4, -0.2) is 95.2 Å². The van der Waals surface area contributed by atoms with Gasteiger partial charge in [-0.1, -0.05) is 6.92 Å². The van der Waals surface area contributed by atoms with Crippen LogP contribution in [0.4, 0.5) is 20.3 Å². The van der Waals surface area contributed by atoms with Gasteiger partial charge in [0.1, 0.15) is 0 Å². The lowest BCUT2D eigenvalue weighted by atomic mass is 10.0. The van der Waals surface area contributed by atoms with Crippen molar-refractivity contribution in [3.8, 4) is 17.0 Å². The Bertz CT molecular complexity index is 1680. The zero-order chi connectivity index (χ0) is 31.9. The monoisotopic (exact) mass is 622 g/mol. The molecule has 1 aliphatic heterocycles. The first-order valence-electron chi connectivity index (χ1n) is 14.7. The third kappa shape index (κ3) is 7.03. The predicted octanol–water partition coefficient (Wildman–Crippen LogP) is 2.10. The van der Waals surface area contributed by atoms with Crippen LogP contribution in [0.3, 0.4) is 0 Å². The Morgan fingerprint density at radius 2 is 2.00 bits per heavy atom. The highest BCUT2D eigenvalue weighted by Gasteiger charge is 2.22. The molecule has 14 heteroatoms. The number of halogens is 2. The van der Waals surface area contributed by atoms with Gasteiger partial charge in [0.05, 0.1) is 32.2 Å². The van der Waals surface area contributed by atoms with E-state index < -0.39 is 11.6 Å². The average Bonchev–Trinajstić information content (AvgIpc) is 3.50. The summed E-state index contributed by atoms with van der Waals surface area (Å²) < 4.78 is 35.7. The van der Waals surface area contributed by atoms with Crippen molar-refractivity contribution in [1.82, 2.24) is 35.2 Å². The summed E-state index contributed by atoms with van der Waals surface area (Å²) >= 11 is 0. The van der Waals surface area contributed by atoms with Crippen LogP contribution in [0, 0.1) is 11.6 Å². The zero-order valence-corrected chi connectivity index (χ0v) is 25.1. The van der Waals surface area contributed by atoms with E-state index in [1.807, 2.05) is 13.0 Å². The lowest BCUT2D eigenvalue weighted by molar-refractivity contribution is -0.131. The van der Waals surface area contributed by atoms with Crippen LogP contribution in [0.25, 0.3) is 16.9 Å². The van der Waals surface area contributed by atoms with Crippen molar-refractivity contribution in [3.63, 3.8) is 0 Å². The predicted molar refractivity (Wildman–Crippen MR) is 165 cm³/mol. The number of hydrogen-bond acceptors (Lipinski definition) is 9. The molecule has 0 unspecified atom stereocenters. The van der Waals surface area contributed by atoms with Crippen molar-refractivity contribution in [2.24, 2.45) is 0 Å². The molecule has 238 valence electrons. The van der Waals surface area contributed by atoms with Gasteiger partial charge >= 0.3 is 0 Å². The molecule has 45 heavy (non-hydrogen) atoms. The van der Waals surface area contributed by atoms with E-state index in [1.165, 1.54) is 31.6 Å². The third-order valence-electron chi connectivity index (χ3n) is 7.66. The van der Waals surface area contributed by atoms with E-state index in [0.717, 1.165) is 5.56 Å². The van der Waals surface area contributed by atoms with Crippen LogP contribution in [0.15, 0.2) is 48.9 Å². The van der Waals surface area contributed by atoms with Gasteiger partial charge in [-0.3, -0.25) is 14.0 Å². The number of aryl methyl sites for hydroxylation is 1. The lowest BCUT2D eigenvalue weighted by Gasteiger charge is -2.32. The number of carbonyl (C=O) groups excluding carboxylic acids is 2. The van der Waals surface area contributed by atoms with E-state index in [0.29, 0.717) is 67.6 Å². The Morgan fingerprint density at radius 1 is 1.16 bits per heavy atom. The zero-order valence-electron chi connectivity index (χ0n) is 25.1. The number of ether oxygens (including phenoxy) is 1. The molecule has 2 aromatic carbocycles. The van der Waals surface area contributed by atoms with E-state index in [9.17, 15) is 23.5 Å². The van der Waals surface area contributed by atoms with Gasteiger partial charge in [-0.05, 0) is 42.3 Å². The summed E-state index contributed by atoms with van der Waals surface area (Å²) in [6.45, 7) is 4.55. The number of aliphatic hydroxyl groups is 1. The number of aliphatic hydroxyl groups excluding tert-OH is 1. The highest BCUT2D eigenvalue weighted by Crippen LogP contribution is 2.31. The van der Waals surface area contributed by atoms with E-state index in [-0.39, 0.29) is 42.3 Å². The number of carbonyl (C=O) groups is 2. The van der Waals surface area contributed by atoms with Gasteiger partial charge in [-0.15, -0.1) is 0 Å². The van der Waals surface area contributed by atoms with Crippen LogP contribution in [-0.2, 0) is 11.2 Å². The molecular formula is C31H36F2N8O4. The number of hydrogen-bond donors (Lipinski definition) is 5. The Hall–Kier alpha value is -4.66. The Morgan fingerprint density at radius 3 is 2.78 bits per heavy atom. The van der Waals surface area contributed by atoms with Gasteiger partial charge < -0.3 is 36.0 Å². The largest absolute Gasteiger partial charge is 0.494 e. The minimum Gasteiger partial charge on any atom is -0.494 e. The molecule has 5 rings (SSSR count). The molecule has 5 N–H and O–H groups in total. The summed E-state index contributed by atoms with van der Waals surface area (Å²) in [5, 5.41) is 21.6. The van der Waals surface area contributed by atoms with Gasteiger partial charge in [0.25, 0.3) is 5.91 Å². The van der Waals surface area contributed by atoms with Gasteiger partial charge in [0.15, 0.2) is 23.0 Å². The van der Waals surface area contributed by atoms with Crippen LogP contribution in [0.1, 0.15) is 22.8 Å².